The Morgan fingerprint density at radius 1 is 1.07 bits per heavy atom. The van der Waals surface area contributed by atoms with Crippen LogP contribution >= 0.6 is 11.6 Å². The molecule has 0 aliphatic carbocycles. The zero-order valence-electron chi connectivity index (χ0n) is 14.5. The third-order valence-corrected chi connectivity index (χ3v) is 3.89. The van der Waals surface area contributed by atoms with Gasteiger partial charge in [-0.05, 0) is 37.3 Å². The summed E-state index contributed by atoms with van der Waals surface area (Å²) in [7, 11) is 0. The Morgan fingerprint density at radius 2 is 1.78 bits per heavy atom. The Balaban J connectivity index is 1.94. The van der Waals surface area contributed by atoms with Crippen LogP contribution in [0.2, 0.25) is 5.02 Å². The van der Waals surface area contributed by atoms with Crippen molar-refractivity contribution in [3.8, 4) is 16.9 Å². The van der Waals surface area contributed by atoms with E-state index >= 15 is 0 Å². The lowest BCUT2D eigenvalue weighted by Crippen LogP contribution is -2.42. The summed E-state index contributed by atoms with van der Waals surface area (Å²) in [5, 5.41) is 5.14. The van der Waals surface area contributed by atoms with Gasteiger partial charge in [0.25, 0.3) is 5.91 Å². The first-order valence-corrected chi connectivity index (χ1v) is 8.61. The van der Waals surface area contributed by atoms with E-state index in [1.807, 2.05) is 42.5 Å². The van der Waals surface area contributed by atoms with Crippen LogP contribution in [0.3, 0.4) is 0 Å². The van der Waals surface area contributed by atoms with Crippen molar-refractivity contribution in [3.05, 3.63) is 71.4 Å². The fourth-order valence-corrected chi connectivity index (χ4v) is 2.54. The van der Waals surface area contributed by atoms with Crippen molar-refractivity contribution in [1.29, 1.82) is 0 Å². The van der Waals surface area contributed by atoms with Crippen LogP contribution in [0.5, 0.6) is 0 Å². The van der Waals surface area contributed by atoms with Gasteiger partial charge < -0.3 is 4.74 Å². The van der Waals surface area contributed by atoms with Crippen LogP contribution in [0.25, 0.3) is 16.9 Å². The number of hydrogen-bond acceptors (Lipinski definition) is 4. The normalized spacial score (nSPS) is 10.3. The molecule has 7 nitrogen and oxygen atoms in total. The standard InChI is InChI=1S/C19H17ClN4O3/c1-2-27-19(26)22-21-18(25)17-12-16(13-8-10-14(20)11-9-13)23-24(17)15-6-4-3-5-7-15/h3-12H,2H2,1H3,(H,21,25)(H,22,26). The maximum absolute atomic E-state index is 12.6. The number of hydrazine groups is 1. The molecule has 1 heterocycles. The first-order chi connectivity index (χ1) is 13.1. The highest BCUT2D eigenvalue weighted by molar-refractivity contribution is 6.30. The minimum atomic E-state index is -0.741. The van der Waals surface area contributed by atoms with Gasteiger partial charge in [0.15, 0.2) is 0 Å². The van der Waals surface area contributed by atoms with Crippen molar-refractivity contribution >= 4 is 23.6 Å². The van der Waals surface area contributed by atoms with E-state index in [4.69, 9.17) is 16.3 Å². The fourth-order valence-electron chi connectivity index (χ4n) is 2.41. The molecule has 0 radical (unpaired) electrons. The Morgan fingerprint density at radius 3 is 2.44 bits per heavy atom. The number of aromatic nitrogens is 2. The third kappa shape index (κ3) is 4.45. The van der Waals surface area contributed by atoms with E-state index in [1.54, 1.807) is 25.1 Å². The Bertz CT molecular complexity index is 939. The van der Waals surface area contributed by atoms with Crippen molar-refractivity contribution in [1.82, 2.24) is 20.6 Å². The molecule has 3 rings (SSSR count). The summed E-state index contributed by atoms with van der Waals surface area (Å²) in [5.41, 5.74) is 6.88. The van der Waals surface area contributed by atoms with E-state index < -0.39 is 12.0 Å². The van der Waals surface area contributed by atoms with Gasteiger partial charge in [0, 0.05) is 10.6 Å². The molecule has 0 aliphatic rings. The number of halogens is 1. The Hall–Kier alpha value is -3.32. The van der Waals surface area contributed by atoms with Gasteiger partial charge in [-0.1, -0.05) is 41.9 Å². The number of ether oxygens (including phenoxy) is 1. The highest BCUT2D eigenvalue weighted by Gasteiger charge is 2.18. The molecule has 138 valence electrons. The summed E-state index contributed by atoms with van der Waals surface area (Å²) in [6, 6.07) is 18.0. The minimum Gasteiger partial charge on any atom is -0.449 e. The second kappa shape index (κ2) is 8.37. The molecule has 2 N–H and O–H groups in total. The van der Waals surface area contributed by atoms with E-state index in [-0.39, 0.29) is 12.3 Å². The number of rotatable bonds is 4. The second-order valence-corrected chi connectivity index (χ2v) is 5.91. The van der Waals surface area contributed by atoms with Crippen LogP contribution in [0.1, 0.15) is 17.4 Å². The summed E-state index contributed by atoms with van der Waals surface area (Å²) in [6.45, 7) is 1.87. The van der Waals surface area contributed by atoms with Gasteiger partial charge in [-0.25, -0.2) is 14.9 Å². The number of hydrogen-bond donors (Lipinski definition) is 2. The van der Waals surface area contributed by atoms with Crippen molar-refractivity contribution in [2.24, 2.45) is 0 Å². The van der Waals surface area contributed by atoms with Crippen LogP contribution in [0, 0.1) is 0 Å². The first kappa shape index (κ1) is 18.5. The van der Waals surface area contributed by atoms with Crippen molar-refractivity contribution < 1.29 is 14.3 Å². The predicted octanol–water partition coefficient (Wildman–Crippen LogP) is 3.58. The Labute approximate surface area is 160 Å². The molecule has 0 fully saturated rings. The molecule has 3 aromatic rings. The zero-order valence-corrected chi connectivity index (χ0v) is 15.2. The highest BCUT2D eigenvalue weighted by Crippen LogP contribution is 2.23. The predicted molar refractivity (Wildman–Crippen MR) is 102 cm³/mol. The first-order valence-electron chi connectivity index (χ1n) is 8.23. The van der Waals surface area contributed by atoms with Gasteiger partial charge >= 0.3 is 6.09 Å². The SMILES string of the molecule is CCOC(=O)NNC(=O)c1cc(-c2ccc(Cl)cc2)nn1-c1ccccc1. The van der Waals surface area contributed by atoms with Crippen LogP contribution in [-0.2, 0) is 4.74 Å². The van der Waals surface area contributed by atoms with E-state index in [2.05, 4.69) is 16.0 Å². The molecular formula is C19H17ClN4O3. The maximum Gasteiger partial charge on any atom is 0.426 e. The molecule has 0 bridgehead atoms. The average molecular weight is 385 g/mol. The van der Waals surface area contributed by atoms with Crippen LogP contribution in [-0.4, -0.2) is 28.4 Å². The molecule has 8 heteroatoms. The minimum absolute atomic E-state index is 0.199. The van der Waals surface area contributed by atoms with Gasteiger partial charge in [0.1, 0.15) is 5.69 Å². The number of nitrogens with zero attached hydrogens (tertiary/aromatic N) is 2. The molecule has 0 atom stereocenters. The molecule has 0 saturated carbocycles. The molecule has 0 spiro atoms. The lowest BCUT2D eigenvalue weighted by Gasteiger charge is -2.09. The Kier molecular flexibility index (Phi) is 5.73. The third-order valence-electron chi connectivity index (χ3n) is 3.64. The average Bonchev–Trinajstić information content (AvgIpc) is 3.13. The van der Waals surface area contributed by atoms with E-state index in [0.717, 1.165) is 5.56 Å². The smallest absolute Gasteiger partial charge is 0.426 e. The fraction of sp³-hybridized carbons (Fsp3) is 0.105. The van der Waals surface area contributed by atoms with Crippen LogP contribution < -0.4 is 10.9 Å². The molecular weight excluding hydrogens is 368 g/mol. The largest absolute Gasteiger partial charge is 0.449 e. The van der Waals surface area contributed by atoms with E-state index in [0.29, 0.717) is 16.4 Å². The van der Waals surface area contributed by atoms with Gasteiger partial charge in [-0.2, -0.15) is 5.10 Å². The summed E-state index contributed by atoms with van der Waals surface area (Å²) >= 11 is 5.94. The quantitative estimate of drug-likeness (QED) is 0.673. The van der Waals surface area contributed by atoms with Crippen LogP contribution in [0.4, 0.5) is 4.79 Å². The molecule has 27 heavy (non-hydrogen) atoms. The highest BCUT2D eigenvalue weighted by atomic mass is 35.5. The van der Waals surface area contributed by atoms with Gasteiger partial charge in [-0.15, -0.1) is 0 Å². The monoisotopic (exact) mass is 384 g/mol. The molecule has 1 aromatic heterocycles. The van der Waals surface area contributed by atoms with Crippen molar-refractivity contribution in [2.75, 3.05) is 6.61 Å². The molecule has 0 saturated heterocycles. The summed E-state index contributed by atoms with van der Waals surface area (Å²) in [5.74, 6) is -0.528. The number of carbonyl (C=O) groups is 2. The summed E-state index contributed by atoms with van der Waals surface area (Å²) in [6.07, 6.45) is -0.741. The van der Waals surface area contributed by atoms with Gasteiger partial charge in [-0.3, -0.25) is 10.2 Å². The molecule has 0 aliphatic heterocycles. The number of nitrogens with one attached hydrogen (secondary N) is 2. The van der Waals surface area contributed by atoms with E-state index in [1.165, 1.54) is 4.68 Å². The number of amides is 2. The number of benzene rings is 2. The zero-order chi connectivity index (χ0) is 19.2. The molecule has 2 aromatic carbocycles. The van der Waals surface area contributed by atoms with Crippen molar-refractivity contribution in [3.63, 3.8) is 0 Å². The molecule has 0 unspecified atom stereocenters. The van der Waals surface area contributed by atoms with Gasteiger partial charge in [0.05, 0.1) is 18.0 Å². The topological polar surface area (TPSA) is 85.2 Å². The summed E-state index contributed by atoms with van der Waals surface area (Å²) < 4.78 is 6.24. The number of para-hydroxylation sites is 1. The van der Waals surface area contributed by atoms with Crippen molar-refractivity contribution in [2.45, 2.75) is 6.92 Å². The second-order valence-electron chi connectivity index (χ2n) is 5.47. The maximum atomic E-state index is 12.6. The lowest BCUT2D eigenvalue weighted by molar-refractivity contribution is 0.0905. The number of carbonyl (C=O) groups excluding carboxylic acids is 2. The molecule has 2 amide bonds. The van der Waals surface area contributed by atoms with Gasteiger partial charge in [0.2, 0.25) is 0 Å². The summed E-state index contributed by atoms with van der Waals surface area (Å²) in [4.78, 5) is 24.0. The lowest BCUT2D eigenvalue weighted by atomic mass is 10.1. The van der Waals surface area contributed by atoms with Crippen LogP contribution in [0.15, 0.2) is 60.7 Å². The van der Waals surface area contributed by atoms with E-state index in [9.17, 15) is 9.59 Å².